The van der Waals surface area contributed by atoms with Crippen LogP contribution in [-0.4, -0.2) is 29.2 Å². The number of benzene rings is 1. The van der Waals surface area contributed by atoms with Crippen LogP contribution in [0.1, 0.15) is 0 Å². The Hall–Kier alpha value is -2.13. The van der Waals surface area contributed by atoms with E-state index >= 15 is 0 Å². The van der Waals surface area contributed by atoms with Gasteiger partial charge in [0.1, 0.15) is 0 Å². The molecule has 24 heavy (non-hydrogen) atoms. The maximum atomic E-state index is 12.2. The van der Waals surface area contributed by atoms with E-state index in [1.54, 1.807) is 0 Å². The van der Waals surface area contributed by atoms with Crippen LogP contribution in [0.2, 0.25) is 0 Å². The summed E-state index contributed by atoms with van der Waals surface area (Å²) in [5, 5.41) is 10.6. The molecule has 1 rings (SSSR count). The van der Waals surface area contributed by atoms with Crippen molar-refractivity contribution < 1.29 is 47.0 Å². The molecular weight excluding hydrogens is 471 g/mol. The van der Waals surface area contributed by atoms with Crippen molar-refractivity contribution in [3.05, 3.63) is 37.9 Å². The van der Waals surface area contributed by atoms with Crippen LogP contribution in [0, 0.1) is 13.7 Å². The average molecular weight is 475 g/mol. The second-order valence-corrected chi connectivity index (χ2v) is 7.05. The first-order valence-electron chi connectivity index (χ1n) is 5.36. The number of rotatable bonds is 4. The molecule has 7 nitrogen and oxygen atoms in total. The summed E-state index contributed by atoms with van der Waals surface area (Å²) < 4.78 is 80.1. The van der Waals surface area contributed by atoms with E-state index in [9.17, 15) is 46.0 Å². The molecule has 0 aromatic heterocycles. The van der Waals surface area contributed by atoms with Gasteiger partial charge in [-0.25, -0.2) is 0 Å². The van der Waals surface area contributed by atoms with E-state index in [1.165, 1.54) is 0 Å². The zero-order valence-electron chi connectivity index (χ0n) is 10.9. The zero-order valence-corrected chi connectivity index (χ0v) is 13.0. The van der Waals surface area contributed by atoms with Crippen LogP contribution in [0.15, 0.2) is 24.3 Å². The van der Waals surface area contributed by atoms with Crippen molar-refractivity contribution in [1.29, 1.82) is 0 Å². The molecule has 0 unspecified atom stereocenters. The van der Waals surface area contributed by atoms with E-state index < -0.39 is 59.1 Å². The van der Waals surface area contributed by atoms with Crippen molar-refractivity contribution in [1.82, 2.24) is 0 Å². The number of nitro benzene ring substituents is 1. The molecule has 0 aliphatic heterocycles. The molecule has 134 valence electrons. The molecule has 0 saturated carbocycles. The number of hydrogen-bond donors (Lipinski definition) is 0. The first-order valence-corrected chi connectivity index (χ1v) is 8.20. The summed E-state index contributed by atoms with van der Waals surface area (Å²) in [6.45, 7) is 0. The van der Waals surface area contributed by atoms with E-state index in [1.807, 2.05) is 0 Å². The van der Waals surface area contributed by atoms with Gasteiger partial charge in [-0.3, -0.25) is 0 Å². The second-order valence-electron chi connectivity index (χ2n) is 3.68. The van der Waals surface area contributed by atoms with E-state index in [0.29, 0.717) is 6.07 Å². The van der Waals surface area contributed by atoms with E-state index in [-0.39, 0.29) is 0 Å². The van der Waals surface area contributed by atoms with Crippen molar-refractivity contribution in [3.63, 3.8) is 0 Å². The minimum absolute atomic E-state index is 0.554. The number of halogens is 7. The molecule has 0 radical (unpaired) electrons. The topological polar surface area (TPSA) is 95.7 Å². The van der Waals surface area contributed by atoms with Crippen molar-refractivity contribution >= 4 is 38.3 Å². The first kappa shape index (κ1) is 19.9. The molecule has 0 bridgehead atoms. The van der Waals surface area contributed by atoms with Crippen LogP contribution in [0.5, 0.6) is 0 Å². The Morgan fingerprint density at radius 3 is 1.83 bits per heavy atom. The Balaban J connectivity index is 3.18. The molecule has 0 atom stereocenters. The number of hydrogen-bond acceptors (Lipinski definition) is 6. The van der Waals surface area contributed by atoms with E-state index in [2.05, 4.69) is 6.13 Å². The number of nitro groups is 1. The molecule has 14 heteroatoms. The molecule has 1 aromatic rings. The summed E-state index contributed by atoms with van der Waals surface area (Å²) in [6.07, 6.45) is -11.1. The summed E-state index contributed by atoms with van der Waals surface area (Å²) in [4.78, 5) is 31.2. The summed E-state index contributed by atoms with van der Waals surface area (Å²) in [5.74, 6) is -5.76. The van der Waals surface area contributed by atoms with Gasteiger partial charge in [0.15, 0.2) is 0 Å². The van der Waals surface area contributed by atoms with Gasteiger partial charge in [-0.1, -0.05) is 0 Å². The zero-order chi connectivity index (χ0) is 18.7. The van der Waals surface area contributed by atoms with Gasteiger partial charge in [-0.2, -0.15) is 0 Å². The number of carbonyl (C=O) groups is 2. The first-order chi connectivity index (χ1) is 10.8. The van der Waals surface area contributed by atoms with Crippen molar-refractivity contribution in [2.75, 3.05) is 0 Å². The molecule has 0 saturated heterocycles. The third-order valence-corrected chi connectivity index (χ3v) is 5.23. The molecular formula is C10H4F6INO6. The van der Waals surface area contributed by atoms with Crippen LogP contribution in [0.3, 0.4) is 0 Å². The van der Waals surface area contributed by atoms with Crippen molar-refractivity contribution in [3.8, 4) is 0 Å². The SMILES string of the molecule is O=C(OI(OC(=O)C(F)(F)F)c1cccc([N+](=O)[O-])c1)C(F)(F)F. The molecule has 0 N–H and O–H groups in total. The predicted octanol–water partition coefficient (Wildman–Crippen LogP) is 3.31. The molecule has 0 spiro atoms. The van der Waals surface area contributed by atoms with Crippen LogP contribution >= 0.6 is 20.6 Å². The van der Waals surface area contributed by atoms with Gasteiger partial charge in [0.2, 0.25) is 0 Å². The summed E-state index contributed by atoms with van der Waals surface area (Å²) >= 11 is -4.63. The summed E-state index contributed by atoms with van der Waals surface area (Å²) in [6, 6.07) is 3.19. The molecule has 0 fully saturated rings. The Morgan fingerprint density at radius 2 is 1.46 bits per heavy atom. The van der Waals surface area contributed by atoms with Crippen molar-refractivity contribution in [2.24, 2.45) is 0 Å². The fourth-order valence-electron chi connectivity index (χ4n) is 1.01. The van der Waals surface area contributed by atoms with Crippen LogP contribution < -0.4 is 0 Å². The quantitative estimate of drug-likeness (QED) is 0.287. The Kier molecular flexibility index (Phi) is 5.96. The third-order valence-electron chi connectivity index (χ3n) is 1.94. The van der Waals surface area contributed by atoms with Crippen LogP contribution in [0.4, 0.5) is 32.0 Å². The molecule has 1 aromatic carbocycles. The van der Waals surface area contributed by atoms with Gasteiger partial charge in [0.05, 0.1) is 0 Å². The predicted molar refractivity (Wildman–Crippen MR) is 70.1 cm³/mol. The number of carbonyl (C=O) groups excluding carboxylic acids is 2. The van der Waals surface area contributed by atoms with Gasteiger partial charge >= 0.3 is 136 Å². The molecule has 0 aliphatic carbocycles. The Bertz CT molecular complexity index is 632. The fraction of sp³-hybridized carbons (Fsp3) is 0.200. The number of alkyl halides is 6. The van der Waals surface area contributed by atoms with Gasteiger partial charge in [-0.05, 0) is 0 Å². The molecule has 0 amide bonds. The van der Waals surface area contributed by atoms with Crippen molar-refractivity contribution in [2.45, 2.75) is 12.4 Å². The van der Waals surface area contributed by atoms with E-state index in [4.69, 9.17) is 0 Å². The standard InChI is InChI=1S/C10H4F6INO6/c11-9(12,13)7(19)23-17(24-8(20)10(14,15)16)5-2-1-3-6(4-5)18(21)22/h1-4H. The maximum absolute atomic E-state index is 12.2. The van der Waals surface area contributed by atoms with Gasteiger partial charge in [0, 0.05) is 0 Å². The monoisotopic (exact) mass is 475 g/mol. The summed E-state index contributed by atoms with van der Waals surface area (Å²) in [7, 11) is 0. The van der Waals surface area contributed by atoms with E-state index in [0.717, 1.165) is 18.2 Å². The molecule has 0 heterocycles. The normalized spacial score (nSPS) is 12.3. The third kappa shape index (κ3) is 5.50. The fourth-order valence-corrected chi connectivity index (χ4v) is 3.90. The van der Waals surface area contributed by atoms with Gasteiger partial charge in [0.25, 0.3) is 0 Å². The number of non-ortho nitro benzene ring substituents is 1. The van der Waals surface area contributed by atoms with Crippen LogP contribution in [0.25, 0.3) is 0 Å². The Morgan fingerprint density at radius 1 is 1.00 bits per heavy atom. The minimum atomic E-state index is -5.55. The van der Waals surface area contributed by atoms with Crippen LogP contribution in [-0.2, 0) is 15.7 Å². The second kappa shape index (κ2) is 7.18. The average Bonchev–Trinajstić information content (AvgIpc) is 2.44. The number of nitrogens with zero attached hydrogens (tertiary/aromatic N) is 1. The molecule has 0 aliphatic rings. The summed E-state index contributed by atoms with van der Waals surface area (Å²) in [5.41, 5.74) is -0.707. The Labute approximate surface area is 136 Å². The van der Waals surface area contributed by atoms with Gasteiger partial charge in [-0.15, -0.1) is 0 Å². The van der Waals surface area contributed by atoms with Gasteiger partial charge < -0.3 is 0 Å².